The van der Waals surface area contributed by atoms with Crippen LogP contribution in [-0.4, -0.2) is 481 Å². The molecule has 46 nitrogen and oxygen atoms in total. The Balaban J connectivity index is 0.00000134. The third-order valence-electron chi connectivity index (χ3n) is 19.4. The summed E-state index contributed by atoms with van der Waals surface area (Å²) >= 11 is 5.11. The first-order chi connectivity index (χ1) is 62.0. The maximum Gasteiger partial charge on any atom is 0.408 e. The molecule has 0 spiro atoms. The second-order valence-corrected chi connectivity index (χ2v) is 43.6. The first-order valence-corrected chi connectivity index (χ1v) is 52.4. The maximum absolute atomic E-state index is 14.6. The van der Waals surface area contributed by atoms with Crippen molar-refractivity contribution in [3.63, 3.8) is 0 Å². The van der Waals surface area contributed by atoms with E-state index in [2.05, 4.69) is 53.2 Å². The summed E-state index contributed by atoms with van der Waals surface area (Å²) in [4.78, 5) is 280. The predicted octanol–water partition coefficient (Wildman–Crippen LogP) is -1.61. The summed E-state index contributed by atoms with van der Waals surface area (Å²) in [6, 6.07) is -14.2. The Kier molecular flexibility index (Phi) is 54.1. The molecule has 2 aliphatic heterocycles. The summed E-state index contributed by atoms with van der Waals surface area (Å²) in [6.45, 7) is 15.0. The number of rotatable bonds is 35. The second-order valence-electron chi connectivity index (χ2n) is 34.9. The Bertz CT molecular complexity index is 3790. The van der Waals surface area contributed by atoms with Crippen LogP contribution in [0.2, 0.25) is 0 Å². The van der Waals surface area contributed by atoms with Gasteiger partial charge in [0.15, 0.2) is 0 Å². The highest BCUT2D eigenvalue weighted by molar-refractivity contribution is 8.77. The molecule has 0 aromatic heterocycles. The van der Waals surface area contributed by atoms with Crippen LogP contribution in [0.25, 0.3) is 0 Å². The van der Waals surface area contributed by atoms with E-state index in [1.807, 2.05) is 0 Å². The van der Waals surface area contributed by atoms with Crippen molar-refractivity contribution in [2.24, 2.45) is 0 Å². The van der Waals surface area contributed by atoms with Crippen LogP contribution < -0.4 is 53.2 Å². The summed E-state index contributed by atoms with van der Waals surface area (Å²) in [5, 5.41) is 43.2. The van der Waals surface area contributed by atoms with Crippen molar-refractivity contribution in [2.45, 2.75) is 178 Å². The minimum Gasteiger partial charge on any atom is -0.480 e. The van der Waals surface area contributed by atoms with Gasteiger partial charge in [-0.3, -0.25) is 76.7 Å². The van der Waals surface area contributed by atoms with Gasteiger partial charge >= 0.3 is 36.3 Å². The Morgan fingerprint density at radius 3 is 1.00 bits per heavy atom. The molecule has 0 radical (unpaired) electrons. The van der Waals surface area contributed by atoms with Gasteiger partial charge in [0.2, 0.25) is 82.7 Å². The van der Waals surface area contributed by atoms with Gasteiger partial charge in [-0.05, 0) is 122 Å². The van der Waals surface area contributed by atoms with Crippen LogP contribution in [0.3, 0.4) is 0 Å². The van der Waals surface area contributed by atoms with E-state index in [0.717, 1.165) is 51.0 Å². The number of hydrogen-bond acceptors (Lipinski definition) is 34. The molecule has 0 saturated carbocycles. The molecule has 2 rings (SSSR count). The van der Waals surface area contributed by atoms with E-state index in [0.29, 0.717) is 0 Å². The normalized spacial score (nSPS) is 19.4. The Morgan fingerprint density at radius 2 is 0.731 bits per heavy atom. The van der Waals surface area contributed by atoms with Crippen LogP contribution in [0.15, 0.2) is 0 Å². The molecular formula is C80H140N20O26S8. The molecule has 2 fully saturated rings. The van der Waals surface area contributed by atoms with Gasteiger partial charge in [0.25, 0.3) is 0 Å². The second kappa shape index (κ2) is 58.8. The number of nitrogens with one attached hydrogen (secondary N) is 10. The highest BCUT2D eigenvalue weighted by Gasteiger charge is 2.44. The average Bonchev–Trinajstić information content (AvgIpc) is 0.816. The molecule has 2 heterocycles. The van der Waals surface area contributed by atoms with Crippen LogP contribution in [0.4, 0.5) is 19.2 Å². The molecule has 0 unspecified atom stereocenters. The molecule has 18 amide bonds. The number of thioether (sulfide) groups is 4. The van der Waals surface area contributed by atoms with E-state index in [1.54, 1.807) is 122 Å². The van der Waals surface area contributed by atoms with Crippen molar-refractivity contribution < 1.29 is 125 Å². The lowest BCUT2D eigenvalue weighted by Crippen LogP contribution is -2.61. The number of carbonyl (C=O) groups is 20. The van der Waals surface area contributed by atoms with E-state index in [1.165, 1.54) is 159 Å². The fourth-order valence-corrected chi connectivity index (χ4v) is 19.8. The number of fused-ring (bicyclic) bond motifs is 5. The lowest BCUT2D eigenvalue weighted by Gasteiger charge is -2.37. The number of carboxylic acids is 2. The number of likely N-dealkylation sites (N-methyl/N-ethyl adjacent to an activating group) is 12. The molecule has 2 saturated heterocycles. The van der Waals surface area contributed by atoms with Gasteiger partial charge in [0.1, 0.15) is 95.9 Å². The Labute approximate surface area is 817 Å². The number of amides is 18. The van der Waals surface area contributed by atoms with Crippen molar-refractivity contribution in [1.82, 2.24) is 102 Å². The number of hydrogen-bond donors (Lipinski definition) is 12. The zero-order valence-corrected chi connectivity index (χ0v) is 88.2. The highest BCUT2D eigenvalue weighted by atomic mass is 33.1. The van der Waals surface area contributed by atoms with E-state index < -0.39 is 253 Å². The van der Waals surface area contributed by atoms with Crippen molar-refractivity contribution in [2.75, 3.05) is 208 Å². The number of aliphatic carboxylic acids is 2. The summed E-state index contributed by atoms with van der Waals surface area (Å²) in [5.41, 5.74) is -3.76. The van der Waals surface area contributed by atoms with E-state index in [4.69, 9.17) is 29.2 Å². The number of ether oxygens (including phenoxy) is 4. The van der Waals surface area contributed by atoms with Crippen molar-refractivity contribution in [3.8, 4) is 0 Å². The van der Waals surface area contributed by atoms with Gasteiger partial charge in [-0.15, -0.1) is 0 Å². The minimum absolute atomic E-state index is 0.0861. The zero-order chi connectivity index (χ0) is 103. The molecule has 2 aliphatic rings. The fraction of sp³-hybridized carbons (Fsp3) is 0.750. The first-order valence-electron chi connectivity index (χ1n) is 41.9. The number of alkyl carbamates (subject to hydrolysis) is 4. The minimum atomic E-state index is -1.46. The first kappa shape index (κ1) is 123. The number of carboxylic acid groups (broad SMARTS) is 2. The predicted molar refractivity (Wildman–Crippen MR) is 519 cm³/mol. The van der Waals surface area contributed by atoms with Gasteiger partial charge < -0.3 is 131 Å². The van der Waals surface area contributed by atoms with Crippen LogP contribution in [0.5, 0.6) is 0 Å². The van der Waals surface area contributed by atoms with E-state index in [9.17, 15) is 95.9 Å². The summed E-state index contributed by atoms with van der Waals surface area (Å²) in [6.07, 6.45) is 3.05. The Morgan fingerprint density at radius 1 is 0.433 bits per heavy atom. The van der Waals surface area contributed by atoms with Gasteiger partial charge in [0, 0.05) is 143 Å². The topological polar surface area (TPSA) is 571 Å². The molecule has 0 aliphatic carbocycles. The van der Waals surface area contributed by atoms with Crippen molar-refractivity contribution in [3.05, 3.63) is 0 Å². The quantitative estimate of drug-likeness (QED) is 0.0193. The fourth-order valence-electron chi connectivity index (χ4n) is 12.1. The van der Waals surface area contributed by atoms with Crippen LogP contribution in [-0.2, 0) is 95.7 Å². The zero-order valence-electron chi connectivity index (χ0n) is 81.7. The maximum atomic E-state index is 14.6. The third-order valence-corrected chi connectivity index (χ3v) is 26.8. The molecular weight excluding hydrogens is 1910 g/mol. The largest absolute Gasteiger partial charge is 0.480 e. The third kappa shape index (κ3) is 43.8. The Hall–Kier alpha value is -8.68. The smallest absolute Gasteiger partial charge is 0.408 e. The summed E-state index contributed by atoms with van der Waals surface area (Å²) in [7, 11) is 21.9. The molecule has 764 valence electrons. The highest BCUT2D eigenvalue weighted by Crippen LogP contribution is 2.30. The monoisotopic (exact) mass is 2050 g/mol. The van der Waals surface area contributed by atoms with Crippen LogP contribution in [0.1, 0.15) is 83.1 Å². The molecule has 0 aromatic carbocycles. The molecule has 12 N–H and O–H groups in total. The lowest BCUT2D eigenvalue weighted by molar-refractivity contribution is -0.149. The average molecular weight is 2050 g/mol. The van der Waals surface area contributed by atoms with Crippen LogP contribution in [0, 0.1) is 0 Å². The van der Waals surface area contributed by atoms with Crippen LogP contribution >= 0.6 is 90.2 Å². The molecule has 0 aromatic rings. The van der Waals surface area contributed by atoms with Gasteiger partial charge in [-0.1, -0.05) is 43.2 Å². The van der Waals surface area contributed by atoms with E-state index in [-0.39, 0.29) is 59.1 Å². The summed E-state index contributed by atoms with van der Waals surface area (Å²) in [5.74, 6) is -11.4. The van der Waals surface area contributed by atoms with Gasteiger partial charge in [0.05, 0.1) is 25.2 Å². The van der Waals surface area contributed by atoms with Crippen molar-refractivity contribution in [1.29, 1.82) is 0 Å². The standard InChI is InChI=1S/C40H72N10O14S4.C40H68N10O12S4/c1-39(2,3)63-37(61)45-23(31(55)43-15-29(51)52)17-47(9)35(59)27(21-65-13)49(11)33(57)25(41-7)19-67-68-20-26(42-8)34(58)50(12)28(22-66-14)36(60)48(10)18-24(32(56)44-16-30(53)54)46-38(62)64-40(4,5)6;1-39(2,3)61-37(59)43-23-17-45(7)33(55)25(19-63-13)49(11)35(57)28-22-66-65-21-27(47(9)29(51)15-41-31(23)53)36(58)50(12)26(20-64-14)34(56)46(8)18-24(44-38(60)62-40(4,5)6)32(54)42-16-30(52)48(28)10/h23-28,41-42H,15-22H2,1-14H3,(H,43,55)(H,44,56)(H,45,61)(H,46,62)(H,51,52)(H,53,54);23-28H,15-22H2,1-14H3,(H,41,53)(H,42,54)(H,43,59)(H,44,60)/t23-,24+,25-,26-,27-,28-;23-,24-,25+,26+,27+,28+/m01/s1. The summed E-state index contributed by atoms with van der Waals surface area (Å²) < 4.78 is 21.3. The number of carbonyl (C=O) groups excluding carboxylic acids is 18. The number of nitrogens with zero attached hydrogens (tertiary/aromatic N) is 10. The van der Waals surface area contributed by atoms with Gasteiger partial charge in [-0.2, -0.15) is 47.0 Å². The van der Waals surface area contributed by atoms with Crippen molar-refractivity contribution >= 4 is 209 Å². The SMILES string of the molecule is CN[C@@H](CSSC[C@H](NC)C(=O)N(C)[C@@H](CSC)C(=O)N(C)C[C@@H](NC(=O)OC(C)(C)C)C(=O)NCC(=O)O)C(=O)N(C)[C@@H](CSC)C(=O)N(C)C[C@H](NC(=O)OC(C)(C)C)C(=O)NCC(=O)O.CSC[C@H]1C(=O)N(C)C[C@@H](NC(=O)OC(C)(C)C)C(=O)NCC(=O)N(C)[C@H]2CSSC[C@@H](C(=O)N1C)N(C)C(=O)CNC(=O)[C@H](NC(=O)OC(C)(C)C)CN(C)C(=O)[C@H](CSC)N(C)C2=O. The lowest BCUT2D eigenvalue weighted by atomic mass is 10.1. The van der Waals surface area contributed by atoms with Gasteiger partial charge in [-0.25, -0.2) is 19.2 Å². The molecule has 54 heteroatoms. The molecule has 2 bridgehead atoms. The molecule has 12 atom stereocenters. The van der Waals surface area contributed by atoms with E-state index >= 15 is 0 Å². The molecule has 134 heavy (non-hydrogen) atoms.